The molecule has 0 saturated carbocycles. The first-order chi connectivity index (χ1) is 3.39. The Morgan fingerprint density at radius 3 is 2.86 bits per heavy atom. The molecule has 7 heavy (non-hydrogen) atoms. The topological polar surface area (TPSA) is 12.0 Å². The minimum atomic E-state index is 1.08. The van der Waals surface area contributed by atoms with Crippen LogP contribution in [0.5, 0.6) is 0 Å². The van der Waals surface area contributed by atoms with Gasteiger partial charge in [0.25, 0.3) is 0 Å². The monoisotopic (exact) mass is 93.1 g/mol. The van der Waals surface area contributed by atoms with Gasteiger partial charge in [-0.15, -0.1) is 0 Å². The minimum absolute atomic E-state index is 1.08. The predicted molar refractivity (Wildman–Crippen MR) is 33.5 cm³/mol. The van der Waals surface area contributed by atoms with Crippen LogP contribution in [-0.2, 0) is 0 Å². The van der Waals surface area contributed by atoms with Crippen molar-refractivity contribution in [3.05, 3.63) is 23.9 Å². The molecule has 1 aliphatic heterocycles. The third-order valence-corrected chi connectivity index (χ3v) is 0.989. The Kier molecular flexibility index (Phi) is 1.20. The van der Waals surface area contributed by atoms with E-state index < -0.39 is 0 Å². The first kappa shape index (κ1) is 4.50. The number of rotatable bonds is 0. The maximum absolute atomic E-state index is 3.06. The van der Waals surface area contributed by atoms with Crippen LogP contribution in [0.15, 0.2) is 23.9 Å². The SMILES string of the molecule is BC1=CCC=CN1. The molecule has 0 radical (unpaired) electrons. The van der Waals surface area contributed by atoms with Crippen molar-refractivity contribution in [1.82, 2.24) is 5.32 Å². The summed E-state index contributed by atoms with van der Waals surface area (Å²) in [4.78, 5) is 0. The van der Waals surface area contributed by atoms with Gasteiger partial charge in [0.15, 0.2) is 7.85 Å². The zero-order valence-corrected chi connectivity index (χ0v) is 4.44. The Labute approximate surface area is 44.5 Å². The Hall–Kier alpha value is -0.655. The highest BCUT2D eigenvalue weighted by Crippen LogP contribution is 1.93. The molecule has 1 N–H and O–H groups in total. The molecule has 0 aromatic rings. The van der Waals surface area contributed by atoms with Crippen LogP contribution in [0.25, 0.3) is 0 Å². The molecule has 1 aliphatic rings. The highest BCUT2D eigenvalue weighted by Gasteiger charge is 1.85. The normalized spacial score (nSPS) is 18.0. The Bertz CT molecular complexity index is 115. The summed E-state index contributed by atoms with van der Waals surface area (Å²) in [7, 11) is 2.06. The lowest BCUT2D eigenvalue weighted by molar-refractivity contribution is 1.08. The molecule has 0 aliphatic carbocycles. The van der Waals surface area contributed by atoms with E-state index in [2.05, 4.69) is 25.3 Å². The van der Waals surface area contributed by atoms with Crippen LogP contribution < -0.4 is 5.32 Å². The molecule has 0 saturated heterocycles. The van der Waals surface area contributed by atoms with Crippen LogP contribution >= 0.6 is 0 Å². The van der Waals surface area contributed by atoms with Crippen LogP contribution in [-0.4, -0.2) is 7.85 Å². The van der Waals surface area contributed by atoms with E-state index in [4.69, 9.17) is 0 Å². The summed E-state index contributed by atoms with van der Waals surface area (Å²) in [5.74, 6) is 0. The van der Waals surface area contributed by atoms with Gasteiger partial charge in [-0.2, -0.15) is 0 Å². The standard InChI is InChI=1S/C5H8BN/c6-5-3-1-2-4-7-5/h2-4,7H,1,6H2. The average Bonchev–Trinajstić information content (AvgIpc) is 1.69. The van der Waals surface area contributed by atoms with E-state index in [9.17, 15) is 0 Å². The van der Waals surface area contributed by atoms with Crippen LogP contribution in [0.3, 0.4) is 0 Å². The molecular formula is C5H8BN. The van der Waals surface area contributed by atoms with Crippen LogP contribution in [0, 0.1) is 0 Å². The number of allylic oxidation sites excluding steroid dienone is 2. The zero-order valence-electron chi connectivity index (χ0n) is 4.44. The van der Waals surface area contributed by atoms with Crippen LogP contribution in [0.4, 0.5) is 0 Å². The van der Waals surface area contributed by atoms with Gasteiger partial charge in [-0.1, -0.05) is 12.2 Å². The van der Waals surface area contributed by atoms with Crippen molar-refractivity contribution in [1.29, 1.82) is 0 Å². The molecule has 0 fully saturated rings. The summed E-state index contributed by atoms with van der Waals surface area (Å²) in [6, 6.07) is 0. The third-order valence-electron chi connectivity index (χ3n) is 0.989. The second-order valence-electron chi connectivity index (χ2n) is 1.67. The van der Waals surface area contributed by atoms with Crippen molar-refractivity contribution < 1.29 is 0 Å². The van der Waals surface area contributed by atoms with E-state index in [0.29, 0.717) is 0 Å². The fourth-order valence-corrected chi connectivity index (χ4v) is 0.562. The molecule has 0 bridgehead atoms. The molecule has 0 atom stereocenters. The van der Waals surface area contributed by atoms with Crippen molar-refractivity contribution in [3.8, 4) is 0 Å². The van der Waals surface area contributed by atoms with Gasteiger partial charge in [-0.3, -0.25) is 0 Å². The average molecular weight is 92.9 g/mol. The summed E-state index contributed by atoms with van der Waals surface area (Å²) >= 11 is 0. The highest BCUT2D eigenvalue weighted by atomic mass is 14.8. The lowest BCUT2D eigenvalue weighted by atomic mass is 10.0. The van der Waals surface area contributed by atoms with Gasteiger partial charge in [-0.05, 0) is 18.2 Å². The number of nitrogens with one attached hydrogen (secondary N) is 1. The fraction of sp³-hybridized carbons (Fsp3) is 0.200. The molecule has 1 rings (SSSR count). The first-order valence-electron chi connectivity index (χ1n) is 2.48. The molecular weight excluding hydrogens is 84.9 g/mol. The number of hydrogen-bond donors (Lipinski definition) is 1. The van der Waals surface area contributed by atoms with Crippen LogP contribution in [0.2, 0.25) is 0 Å². The molecule has 0 aromatic carbocycles. The van der Waals surface area contributed by atoms with E-state index in [1.807, 2.05) is 6.20 Å². The van der Waals surface area contributed by atoms with Crippen molar-refractivity contribution in [2.75, 3.05) is 0 Å². The Morgan fingerprint density at radius 2 is 2.57 bits per heavy atom. The van der Waals surface area contributed by atoms with Gasteiger partial charge in [0.2, 0.25) is 0 Å². The lowest BCUT2D eigenvalue weighted by Gasteiger charge is -2.02. The van der Waals surface area contributed by atoms with E-state index in [-0.39, 0.29) is 0 Å². The highest BCUT2D eigenvalue weighted by molar-refractivity contribution is 6.21. The molecule has 1 nitrogen and oxygen atoms in total. The maximum Gasteiger partial charge on any atom is 0.160 e. The summed E-state index contributed by atoms with van der Waals surface area (Å²) < 4.78 is 0. The van der Waals surface area contributed by atoms with E-state index in [0.717, 1.165) is 6.42 Å². The van der Waals surface area contributed by atoms with E-state index >= 15 is 0 Å². The molecule has 36 valence electrons. The van der Waals surface area contributed by atoms with Gasteiger partial charge in [0.05, 0.1) is 0 Å². The van der Waals surface area contributed by atoms with E-state index in [1.54, 1.807) is 0 Å². The molecule has 2 heteroatoms. The van der Waals surface area contributed by atoms with E-state index in [1.165, 1.54) is 5.60 Å². The number of hydrogen-bond acceptors (Lipinski definition) is 1. The predicted octanol–water partition coefficient (Wildman–Crippen LogP) is -0.0321. The van der Waals surface area contributed by atoms with Gasteiger partial charge in [0.1, 0.15) is 0 Å². The Morgan fingerprint density at radius 1 is 1.71 bits per heavy atom. The zero-order chi connectivity index (χ0) is 5.11. The molecule has 1 heterocycles. The molecule has 0 unspecified atom stereocenters. The van der Waals surface area contributed by atoms with Gasteiger partial charge in [-0.25, -0.2) is 0 Å². The maximum atomic E-state index is 3.06. The molecule has 0 amide bonds. The molecule has 0 spiro atoms. The van der Waals surface area contributed by atoms with Crippen molar-refractivity contribution >= 4 is 7.85 Å². The van der Waals surface area contributed by atoms with Crippen molar-refractivity contribution in [2.24, 2.45) is 0 Å². The van der Waals surface area contributed by atoms with Gasteiger partial charge < -0.3 is 5.32 Å². The summed E-state index contributed by atoms with van der Waals surface area (Å²) in [5.41, 5.74) is 1.25. The van der Waals surface area contributed by atoms with Gasteiger partial charge in [0, 0.05) is 0 Å². The second kappa shape index (κ2) is 1.87. The third kappa shape index (κ3) is 1.11. The molecule has 0 aromatic heterocycles. The Balaban J connectivity index is 2.50. The fourth-order valence-electron chi connectivity index (χ4n) is 0.562. The second-order valence-corrected chi connectivity index (χ2v) is 1.67. The largest absolute Gasteiger partial charge is 0.374 e. The smallest absolute Gasteiger partial charge is 0.160 e. The van der Waals surface area contributed by atoms with Crippen molar-refractivity contribution in [3.63, 3.8) is 0 Å². The lowest BCUT2D eigenvalue weighted by Crippen LogP contribution is -2.06. The van der Waals surface area contributed by atoms with Crippen LogP contribution in [0.1, 0.15) is 6.42 Å². The quantitative estimate of drug-likeness (QED) is 0.414. The van der Waals surface area contributed by atoms with Gasteiger partial charge >= 0.3 is 0 Å². The summed E-state index contributed by atoms with van der Waals surface area (Å²) in [5, 5.41) is 3.06. The first-order valence-corrected chi connectivity index (χ1v) is 2.48. The number of dihydropyridines is 1. The summed E-state index contributed by atoms with van der Waals surface area (Å²) in [6.45, 7) is 0. The minimum Gasteiger partial charge on any atom is -0.374 e. The van der Waals surface area contributed by atoms with Crippen molar-refractivity contribution in [2.45, 2.75) is 6.42 Å². The summed E-state index contributed by atoms with van der Waals surface area (Å²) in [6.07, 6.45) is 7.29.